The molecule has 0 saturated heterocycles. The molecule has 1 aromatic rings. The maximum absolute atomic E-state index is 5.57. The Hall–Kier alpha value is -0.683. The van der Waals surface area contributed by atoms with E-state index in [0.717, 1.165) is 12.8 Å². The molecule has 0 aliphatic rings. The summed E-state index contributed by atoms with van der Waals surface area (Å²) < 4.78 is 16.7. The normalized spacial score (nSPS) is 15.2. The Labute approximate surface area is 118 Å². The molecule has 2 atom stereocenters. The van der Waals surface area contributed by atoms with Crippen LogP contribution in [0.5, 0.6) is 0 Å². The zero-order valence-corrected chi connectivity index (χ0v) is 13.7. The molecule has 0 radical (unpaired) electrons. The Morgan fingerprint density at radius 1 is 1.00 bits per heavy atom. The molecule has 0 amide bonds. The fourth-order valence-corrected chi connectivity index (χ4v) is 4.97. The van der Waals surface area contributed by atoms with Gasteiger partial charge in [0.15, 0.2) is 0 Å². The van der Waals surface area contributed by atoms with Crippen molar-refractivity contribution in [3.05, 3.63) is 35.9 Å². The molecule has 0 bridgehead atoms. The lowest BCUT2D eigenvalue weighted by molar-refractivity contribution is 0.110. The summed E-state index contributed by atoms with van der Waals surface area (Å²) in [4.78, 5) is 0. The molecule has 4 heteroatoms. The Morgan fingerprint density at radius 3 is 1.95 bits per heavy atom. The standard InChI is InChI=1S/C15H26O3Si/c1-6-14(15-10-8-7-9-11-15)12-13(2)19(16-3,17-4)18-5/h7-11,13-14H,6,12H2,1-5H3. The van der Waals surface area contributed by atoms with E-state index in [1.807, 2.05) is 0 Å². The zero-order chi connectivity index (χ0) is 14.3. The predicted molar refractivity (Wildman–Crippen MR) is 80.3 cm³/mol. The Kier molecular flexibility index (Phi) is 6.72. The third-order valence-corrected chi connectivity index (χ3v) is 7.01. The largest absolute Gasteiger partial charge is 0.503 e. The van der Waals surface area contributed by atoms with Crippen LogP contribution in [0.2, 0.25) is 5.54 Å². The van der Waals surface area contributed by atoms with Gasteiger partial charge in [-0.2, -0.15) is 0 Å². The van der Waals surface area contributed by atoms with Gasteiger partial charge in [0.2, 0.25) is 0 Å². The van der Waals surface area contributed by atoms with Crippen LogP contribution in [-0.4, -0.2) is 30.1 Å². The van der Waals surface area contributed by atoms with Gasteiger partial charge in [0.1, 0.15) is 0 Å². The number of hydrogen-bond donors (Lipinski definition) is 0. The maximum atomic E-state index is 5.57. The summed E-state index contributed by atoms with van der Waals surface area (Å²) in [5.74, 6) is 0.517. The lowest BCUT2D eigenvalue weighted by Crippen LogP contribution is -2.47. The summed E-state index contributed by atoms with van der Waals surface area (Å²) in [6.45, 7) is 4.38. The van der Waals surface area contributed by atoms with Crippen LogP contribution < -0.4 is 0 Å². The monoisotopic (exact) mass is 282 g/mol. The van der Waals surface area contributed by atoms with Gasteiger partial charge in [-0.1, -0.05) is 44.2 Å². The molecule has 1 rings (SSSR count). The van der Waals surface area contributed by atoms with Crippen molar-refractivity contribution in [1.29, 1.82) is 0 Å². The summed E-state index contributed by atoms with van der Waals surface area (Å²) in [5, 5.41) is 0. The van der Waals surface area contributed by atoms with E-state index in [9.17, 15) is 0 Å². The quantitative estimate of drug-likeness (QED) is 0.678. The SMILES string of the molecule is CCC(CC(C)[Si](OC)(OC)OC)c1ccccc1. The molecular weight excluding hydrogens is 256 g/mol. The smallest absolute Gasteiger partial charge is 0.377 e. The van der Waals surface area contributed by atoms with E-state index in [0.29, 0.717) is 5.92 Å². The average molecular weight is 282 g/mol. The average Bonchev–Trinajstić information content (AvgIpc) is 2.48. The molecule has 2 unspecified atom stereocenters. The summed E-state index contributed by atoms with van der Waals surface area (Å²) in [5.41, 5.74) is 1.65. The third-order valence-electron chi connectivity index (χ3n) is 3.86. The molecule has 0 spiro atoms. The fraction of sp³-hybridized carbons (Fsp3) is 0.600. The zero-order valence-electron chi connectivity index (χ0n) is 12.7. The van der Waals surface area contributed by atoms with Gasteiger partial charge < -0.3 is 13.3 Å². The van der Waals surface area contributed by atoms with E-state index in [4.69, 9.17) is 13.3 Å². The summed E-state index contributed by atoms with van der Waals surface area (Å²) in [7, 11) is 2.51. The minimum atomic E-state index is -2.53. The lowest BCUT2D eigenvalue weighted by Gasteiger charge is -2.32. The second-order valence-corrected chi connectivity index (χ2v) is 8.29. The van der Waals surface area contributed by atoms with E-state index in [2.05, 4.69) is 44.2 Å². The van der Waals surface area contributed by atoms with Crippen molar-refractivity contribution in [2.45, 2.75) is 38.1 Å². The van der Waals surface area contributed by atoms with Crippen LogP contribution in [0, 0.1) is 0 Å². The van der Waals surface area contributed by atoms with Crippen LogP contribution in [0.3, 0.4) is 0 Å². The van der Waals surface area contributed by atoms with E-state index in [1.165, 1.54) is 5.56 Å². The number of rotatable bonds is 8. The van der Waals surface area contributed by atoms with Crippen LogP contribution in [-0.2, 0) is 13.3 Å². The second kappa shape index (κ2) is 7.80. The highest BCUT2D eigenvalue weighted by atomic mass is 28.4. The Bertz CT molecular complexity index is 343. The highest BCUT2D eigenvalue weighted by Gasteiger charge is 2.45. The molecule has 0 fully saturated rings. The maximum Gasteiger partial charge on any atom is 0.503 e. The van der Waals surface area contributed by atoms with Gasteiger partial charge in [0.05, 0.1) is 0 Å². The molecule has 3 nitrogen and oxygen atoms in total. The van der Waals surface area contributed by atoms with Gasteiger partial charge in [-0.05, 0) is 24.3 Å². The van der Waals surface area contributed by atoms with Crippen molar-refractivity contribution in [2.24, 2.45) is 0 Å². The van der Waals surface area contributed by atoms with Crippen LogP contribution in [0.1, 0.15) is 38.2 Å². The summed E-state index contributed by atoms with van der Waals surface area (Å²) in [6.07, 6.45) is 2.12. The molecular formula is C15H26O3Si. The van der Waals surface area contributed by atoms with Gasteiger partial charge in [0, 0.05) is 26.9 Å². The molecule has 0 saturated carbocycles. The molecule has 0 aliphatic heterocycles. The number of hydrogen-bond acceptors (Lipinski definition) is 3. The van der Waals surface area contributed by atoms with Crippen LogP contribution in [0.4, 0.5) is 0 Å². The lowest BCUT2D eigenvalue weighted by atomic mass is 9.92. The molecule has 19 heavy (non-hydrogen) atoms. The van der Waals surface area contributed by atoms with Crippen molar-refractivity contribution in [3.8, 4) is 0 Å². The van der Waals surface area contributed by atoms with Crippen molar-refractivity contribution in [3.63, 3.8) is 0 Å². The third kappa shape index (κ3) is 3.89. The van der Waals surface area contributed by atoms with Crippen LogP contribution in [0.15, 0.2) is 30.3 Å². The first-order valence-corrected chi connectivity index (χ1v) is 8.64. The van der Waals surface area contributed by atoms with Gasteiger partial charge >= 0.3 is 8.80 Å². The number of benzene rings is 1. The van der Waals surface area contributed by atoms with Crippen LogP contribution in [0.25, 0.3) is 0 Å². The van der Waals surface area contributed by atoms with Gasteiger partial charge in [-0.3, -0.25) is 0 Å². The van der Waals surface area contributed by atoms with E-state index in [1.54, 1.807) is 21.3 Å². The first-order valence-electron chi connectivity index (χ1n) is 6.83. The van der Waals surface area contributed by atoms with Gasteiger partial charge in [0.25, 0.3) is 0 Å². The topological polar surface area (TPSA) is 27.7 Å². The van der Waals surface area contributed by atoms with Crippen molar-refractivity contribution >= 4 is 8.80 Å². The first-order chi connectivity index (χ1) is 9.13. The van der Waals surface area contributed by atoms with Gasteiger partial charge in [-0.15, -0.1) is 0 Å². The minimum absolute atomic E-state index is 0.276. The minimum Gasteiger partial charge on any atom is -0.377 e. The second-order valence-electron chi connectivity index (χ2n) is 4.87. The molecule has 0 heterocycles. The highest BCUT2D eigenvalue weighted by Crippen LogP contribution is 2.35. The predicted octanol–water partition coefficient (Wildman–Crippen LogP) is 3.84. The van der Waals surface area contributed by atoms with E-state index < -0.39 is 8.80 Å². The highest BCUT2D eigenvalue weighted by molar-refractivity contribution is 6.62. The van der Waals surface area contributed by atoms with Gasteiger partial charge in [-0.25, -0.2) is 0 Å². The van der Waals surface area contributed by atoms with Crippen molar-refractivity contribution < 1.29 is 13.3 Å². The summed E-state index contributed by atoms with van der Waals surface area (Å²) >= 11 is 0. The molecule has 0 aliphatic carbocycles. The molecule has 108 valence electrons. The van der Waals surface area contributed by atoms with Crippen molar-refractivity contribution in [1.82, 2.24) is 0 Å². The first kappa shape index (κ1) is 16.4. The fourth-order valence-electron chi connectivity index (χ4n) is 2.69. The summed E-state index contributed by atoms with van der Waals surface area (Å²) in [6, 6.07) is 10.6. The van der Waals surface area contributed by atoms with Crippen LogP contribution >= 0.6 is 0 Å². The molecule has 0 N–H and O–H groups in total. The molecule has 1 aromatic carbocycles. The molecule has 0 aromatic heterocycles. The Morgan fingerprint density at radius 2 is 1.53 bits per heavy atom. The van der Waals surface area contributed by atoms with E-state index >= 15 is 0 Å². The van der Waals surface area contributed by atoms with E-state index in [-0.39, 0.29) is 5.54 Å². The Balaban J connectivity index is 2.81. The van der Waals surface area contributed by atoms with Crippen molar-refractivity contribution in [2.75, 3.05) is 21.3 Å².